The van der Waals surface area contributed by atoms with Gasteiger partial charge < -0.3 is 30.5 Å². The van der Waals surface area contributed by atoms with E-state index in [0.717, 1.165) is 30.1 Å². The highest BCUT2D eigenvalue weighted by molar-refractivity contribution is 7.13. The quantitative estimate of drug-likeness (QED) is 0.470. The zero-order chi connectivity index (χ0) is 27.3. The maximum atomic E-state index is 13.4. The average molecular weight is 573 g/mol. The van der Waals surface area contributed by atoms with Crippen LogP contribution >= 0.6 is 22.9 Å². The Morgan fingerprint density at radius 1 is 1.18 bits per heavy atom. The molecule has 1 saturated heterocycles. The van der Waals surface area contributed by atoms with Crippen LogP contribution in [0.25, 0.3) is 0 Å². The first-order valence-electron chi connectivity index (χ1n) is 13.4. The summed E-state index contributed by atoms with van der Waals surface area (Å²) in [6.07, 6.45) is 10.3. The molecule has 208 valence electrons. The van der Waals surface area contributed by atoms with E-state index in [4.69, 9.17) is 16.3 Å². The summed E-state index contributed by atoms with van der Waals surface area (Å²) in [5.74, 6) is -0.564. The molecule has 2 fully saturated rings. The van der Waals surface area contributed by atoms with Gasteiger partial charge >= 0.3 is 0 Å². The van der Waals surface area contributed by atoms with Gasteiger partial charge in [-0.3, -0.25) is 14.4 Å². The van der Waals surface area contributed by atoms with Crippen LogP contribution in [0.3, 0.4) is 0 Å². The molecule has 12 heteroatoms. The number of thiazole rings is 1. The summed E-state index contributed by atoms with van der Waals surface area (Å²) in [6.45, 7) is 2.45. The van der Waals surface area contributed by atoms with Crippen LogP contribution in [-0.4, -0.2) is 90.0 Å². The van der Waals surface area contributed by atoms with E-state index in [2.05, 4.69) is 32.9 Å². The van der Waals surface area contributed by atoms with Gasteiger partial charge in [0.05, 0.1) is 29.5 Å². The second-order valence-electron chi connectivity index (χ2n) is 11.0. The number of aromatic nitrogens is 1. The summed E-state index contributed by atoms with van der Waals surface area (Å²) in [7, 11) is 3.62. The molecule has 4 atom stereocenters. The minimum atomic E-state index is -0.748. The molecule has 0 radical (unpaired) electrons. The van der Waals surface area contributed by atoms with Crippen LogP contribution in [0.5, 0.6) is 0 Å². The molecule has 6 rings (SSSR count). The predicted octanol–water partition coefficient (Wildman–Crippen LogP) is 1.29. The fourth-order valence-corrected chi connectivity index (χ4v) is 7.09. The van der Waals surface area contributed by atoms with Crippen molar-refractivity contribution in [2.45, 2.75) is 56.0 Å². The number of carbonyl (C=O) groups is 3. The van der Waals surface area contributed by atoms with Gasteiger partial charge in [0.25, 0.3) is 17.7 Å². The SMILES string of the molecule is COC1(C(=O)N2CC[C@H](NC(=O)C3=CC4C=C(Cl)C=CC4N3)[C@H](NC(=O)c3nc4c(s3)CN(C)CC4)C2)CC1. The Hall–Kier alpha value is -2.73. The van der Waals surface area contributed by atoms with Gasteiger partial charge in [-0.1, -0.05) is 23.8 Å². The van der Waals surface area contributed by atoms with E-state index in [1.165, 1.54) is 11.3 Å². The van der Waals surface area contributed by atoms with E-state index in [0.29, 0.717) is 41.5 Å². The van der Waals surface area contributed by atoms with E-state index in [1.54, 1.807) is 12.0 Å². The molecule has 2 unspecified atom stereocenters. The number of allylic oxidation sites excluding steroid dienone is 2. The Morgan fingerprint density at radius 2 is 1.97 bits per heavy atom. The van der Waals surface area contributed by atoms with Gasteiger partial charge in [0, 0.05) is 55.5 Å². The van der Waals surface area contributed by atoms with Crippen molar-refractivity contribution in [1.82, 2.24) is 30.7 Å². The highest BCUT2D eigenvalue weighted by Crippen LogP contribution is 2.41. The van der Waals surface area contributed by atoms with Crippen LogP contribution in [0.1, 0.15) is 39.6 Å². The third-order valence-electron chi connectivity index (χ3n) is 8.29. The highest BCUT2D eigenvalue weighted by atomic mass is 35.5. The Balaban J connectivity index is 1.18. The largest absolute Gasteiger partial charge is 0.374 e. The van der Waals surface area contributed by atoms with Crippen molar-refractivity contribution < 1.29 is 19.1 Å². The number of hydrogen-bond donors (Lipinski definition) is 3. The smallest absolute Gasteiger partial charge is 0.280 e. The third kappa shape index (κ3) is 5.25. The van der Waals surface area contributed by atoms with Crippen LogP contribution < -0.4 is 16.0 Å². The summed E-state index contributed by atoms with van der Waals surface area (Å²) < 4.78 is 5.52. The normalized spacial score (nSPS) is 28.9. The average Bonchev–Trinajstić information content (AvgIpc) is 3.42. The zero-order valence-electron chi connectivity index (χ0n) is 22.0. The van der Waals surface area contributed by atoms with Crippen LogP contribution in [0.15, 0.2) is 35.0 Å². The lowest BCUT2D eigenvalue weighted by Gasteiger charge is -2.40. The van der Waals surface area contributed by atoms with Crippen molar-refractivity contribution in [2.24, 2.45) is 5.92 Å². The highest BCUT2D eigenvalue weighted by Gasteiger charge is 2.53. The summed E-state index contributed by atoms with van der Waals surface area (Å²) in [6, 6.07) is -0.847. The number of fused-ring (bicyclic) bond motifs is 2. The molecule has 10 nitrogen and oxygen atoms in total. The number of halogens is 1. The first kappa shape index (κ1) is 26.5. The molecule has 3 aliphatic heterocycles. The van der Waals surface area contributed by atoms with Crippen molar-refractivity contribution in [1.29, 1.82) is 0 Å². The minimum absolute atomic E-state index is 0.0111. The van der Waals surface area contributed by atoms with Crippen molar-refractivity contribution in [3.05, 3.63) is 50.6 Å². The lowest BCUT2D eigenvalue weighted by Crippen LogP contribution is -2.63. The van der Waals surface area contributed by atoms with Crippen molar-refractivity contribution in [3.63, 3.8) is 0 Å². The number of ether oxygens (including phenoxy) is 1. The fraction of sp³-hybridized carbons (Fsp3) is 0.556. The molecule has 1 aromatic rings. The van der Waals surface area contributed by atoms with Crippen LogP contribution in [0.2, 0.25) is 0 Å². The zero-order valence-corrected chi connectivity index (χ0v) is 23.6. The summed E-state index contributed by atoms with van der Waals surface area (Å²) in [5, 5.41) is 10.5. The molecule has 4 heterocycles. The summed E-state index contributed by atoms with van der Waals surface area (Å²) in [4.78, 5) is 49.6. The third-order valence-corrected chi connectivity index (χ3v) is 9.62. The molecule has 3 amide bonds. The molecule has 5 aliphatic rings. The predicted molar refractivity (Wildman–Crippen MR) is 147 cm³/mol. The number of amides is 3. The first-order chi connectivity index (χ1) is 18.7. The Morgan fingerprint density at radius 3 is 2.74 bits per heavy atom. The van der Waals surface area contributed by atoms with Gasteiger partial charge in [0.2, 0.25) is 0 Å². The maximum absolute atomic E-state index is 13.4. The summed E-state index contributed by atoms with van der Waals surface area (Å²) >= 11 is 7.55. The second kappa shape index (κ2) is 10.3. The molecule has 0 spiro atoms. The van der Waals surface area contributed by atoms with E-state index in [1.807, 2.05) is 24.3 Å². The van der Waals surface area contributed by atoms with Gasteiger partial charge in [-0.15, -0.1) is 11.3 Å². The Bertz CT molecular complexity index is 1290. The lowest BCUT2D eigenvalue weighted by atomic mass is 9.97. The lowest BCUT2D eigenvalue weighted by molar-refractivity contribution is -0.146. The van der Waals surface area contributed by atoms with E-state index >= 15 is 0 Å². The van der Waals surface area contributed by atoms with Crippen molar-refractivity contribution >= 4 is 40.7 Å². The molecular weight excluding hydrogens is 540 g/mol. The molecule has 2 aliphatic carbocycles. The van der Waals surface area contributed by atoms with Gasteiger partial charge in [0.1, 0.15) is 5.60 Å². The standard InChI is InChI=1S/C27H33ClN6O4S/c1-33-9-5-19-22(14-33)39-25(32-19)24(36)31-21-13-34(26(37)27(38-2)7-8-27)10-6-18(21)30-23(35)20-12-15-11-16(28)3-4-17(15)29-20/h3-4,11-12,15,17-18,21,29H,5-10,13-14H2,1-2H3,(H,30,35)(H,31,36)/t15?,17?,18-,21+/m0/s1. The number of nitrogens with zero attached hydrogens (tertiary/aromatic N) is 3. The van der Waals surface area contributed by atoms with Crippen molar-refractivity contribution in [2.75, 3.05) is 33.8 Å². The van der Waals surface area contributed by atoms with Crippen LogP contribution in [-0.2, 0) is 27.3 Å². The first-order valence-corrected chi connectivity index (χ1v) is 14.6. The number of likely N-dealkylation sites (N-methyl/N-ethyl adjacent to an activating group) is 1. The second-order valence-corrected chi connectivity index (χ2v) is 12.5. The van der Waals surface area contributed by atoms with Gasteiger partial charge in [0.15, 0.2) is 5.01 Å². The van der Waals surface area contributed by atoms with Crippen LogP contribution in [0, 0.1) is 5.92 Å². The van der Waals surface area contributed by atoms with E-state index < -0.39 is 11.6 Å². The van der Waals surface area contributed by atoms with Gasteiger partial charge in [-0.25, -0.2) is 4.98 Å². The molecule has 39 heavy (non-hydrogen) atoms. The molecule has 0 bridgehead atoms. The number of rotatable bonds is 6. The molecular formula is C27H33ClN6O4S. The molecule has 0 aromatic carbocycles. The Kier molecular flexibility index (Phi) is 7.03. The van der Waals surface area contributed by atoms with E-state index in [-0.39, 0.29) is 42.3 Å². The topological polar surface area (TPSA) is 116 Å². The minimum Gasteiger partial charge on any atom is -0.374 e. The fourth-order valence-electron chi connectivity index (χ4n) is 5.78. The van der Waals surface area contributed by atoms with Crippen LogP contribution in [0.4, 0.5) is 0 Å². The molecule has 1 saturated carbocycles. The van der Waals surface area contributed by atoms with Crippen molar-refractivity contribution in [3.8, 4) is 0 Å². The van der Waals surface area contributed by atoms with E-state index in [9.17, 15) is 14.4 Å². The number of piperidine rings is 1. The number of methoxy groups -OCH3 is 1. The van der Waals surface area contributed by atoms with Gasteiger partial charge in [-0.2, -0.15) is 0 Å². The molecule has 1 aromatic heterocycles. The number of carbonyl (C=O) groups excluding carboxylic acids is 3. The van der Waals surface area contributed by atoms with Gasteiger partial charge in [-0.05, 0) is 38.5 Å². The maximum Gasteiger partial charge on any atom is 0.280 e. The number of likely N-dealkylation sites (tertiary alicyclic amines) is 1. The summed E-state index contributed by atoms with van der Waals surface area (Å²) in [5.41, 5.74) is 0.712. The number of nitrogens with one attached hydrogen (secondary N) is 3. The monoisotopic (exact) mass is 572 g/mol. The molecule has 3 N–H and O–H groups in total. The number of hydrogen-bond acceptors (Lipinski definition) is 8. The Labute approximate surface area is 236 Å².